The van der Waals surface area contributed by atoms with Crippen LogP contribution in [0, 0.1) is 12.7 Å². The van der Waals surface area contributed by atoms with Gasteiger partial charge in [0, 0.05) is 23.0 Å². The number of carbonyl (C=O) groups is 1. The molecular weight excluding hydrogens is 357 g/mol. The van der Waals surface area contributed by atoms with E-state index in [1.54, 1.807) is 19.1 Å². The summed E-state index contributed by atoms with van der Waals surface area (Å²) in [6, 6.07) is 14.6. The number of benzene rings is 2. The number of carbonyl (C=O) groups excluding carboxylic acids is 1. The van der Waals surface area contributed by atoms with E-state index < -0.39 is 0 Å². The Balaban J connectivity index is 1.93. The number of nitrogens with zero attached hydrogens (tertiary/aromatic N) is 2. The zero-order valence-electron chi connectivity index (χ0n) is 16.1. The molecule has 0 unspecified atom stereocenters. The molecule has 3 aromatic rings. The number of amides is 1. The molecule has 1 N–H and O–H groups in total. The predicted molar refractivity (Wildman–Crippen MR) is 108 cm³/mol. The smallest absolute Gasteiger partial charge is 0.254 e. The molecule has 144 valence electrons. The Kier molecular flexibility index (Phi) is 5.68. The molecule has 0 bridgehead atoms. The molecule has 5 nitrogen and oxygen atoms in total. The Morgan fingerprint density at radius 2 is 1.82 bits per heavy atom. The largest absolute Gasteiger partial charge is 0.324 e. The first-order valence-corrected chi connectivity index (χ1v) is 9.08. The van der Waals surface area contributed by atoms with Crippen LogP contribution >= 0.6 is 0 Å². The molecule has 0 aliphatic carbocycles. The molecular formula is C22H22FN3O2. The van der Waals surface area contributed by atoms with Crippen molar-refractivity contribution in [1.82, 2.24) is 9.55 Å². The lowest BCUT2D eigenvalue weighted by Crippen LogP contribution is -2.30. The summed E-state index contributed by atoms with van der Waals surface area (Å²) in [4.78, 5) is 29.6. The Labute approximate surface area is 162 Å². The van der Waals surface area contributed by atoms with Crippen LogP contribution in [-0.2, 0) is 11.3 Å². The third kappa shape index (κ3) is 4.34. The monoisotopic (exact) mass is 379 g/mol. The van der Waals surface area contributed by atoms with E-state index in [0.717, 1.165) is 11.3 Å². The van der Waals surface area contributed by atoms with Gasteiger partial charge >= 0.3 is 0 Å². The third-order valence-electron chi connectivity index (χ3n) is 4.40. The summed E-state index contributed by atoms with van der Waals surface area (Å²) in [5, 5.41) is 2.88. The van der Waals surface area contributed by atoms with Crippen molar-refractivity contribution in [1.29, 1.82) is 0 Å². The van der Waals surface area contributed by atoms with Crippen LogP contribution in [0.3, 0.4) is 0 Å². The summed E-state index contributed by atoms with van der Waals surface area (Å²) in [6.45, 7) is 5.61. The fourth-order valence-electron chi connectivity index (χ4n) is 3.04. The molecule has 1 heterocycles. The molecule has 0 aliphatic rings. The van der Waals surface area contributed by atoms with E-state index in [9.17, 15) is 14.0 Å². The number of halogens is 1. The van der Waals surface area contributed by atoms with Gasteiger partial charge in [0.15, 0.2) is 0 Å². The summed E-state index contributed by atoms with van der Waals surface area (Å²) >= 11 is 0. The maximum Gasteiger partial charge on any atom is 0.254 e. The van der Waals surface area contributed by atoms with E-state index in [0.29, 0.717) is 17.1 Å². The maximum atomic E-state index is 13.3. The van der Waals surface area contributed by atoms with Crippen molar-refractivity contribution in [2.45, 2.75) is 33.2 Å². The van der Waals surface area contributed by atoms with Gasteiger partial charge in [0.25, 0.3) is 5.56 Å². The van der Waals surface area contributed by atoms with Crippen molar-refractivity contribution < 1.29 is 9.18 Å². The van der Waals surface area contributed by atoms with E-state index in [2.05, 4.69) is 10.3 Å². The first kappa shape index (κ1) is 19.5. The average Bonchev–Trinajstić information content (AvgIpc) is 2.64. The number of nitrogens with one attached hydrogen (secondary N) is 1. The summed E-state index contributed by atoms with van der Waals surface area (Å²) in [5.41, 5.74) is 2.51. The van der Waals surface area contributed by atoms with Gasteiger partial charge in [-0.3, -0.25) is 14.2 Å². The second kappa shape index (κ2) is 8.17. The Bertz CT molecular complexity index is 1060. The molecule has 0 saturated heterocycles. The number of anilines is 1. The number of aromatic nitrogens is 2. The van der Waals surface area contributed by atoms with E-state index in [-0.39, 0.29) is 29.7 Å². The van der Waals surface area contributed by atoms with E-state index in [4.69, 9.17) is 0 Å². The van der Waals surface area contributed by atoms with Gasteiger partial charge < -0.3 is 5.32 Å². The van der Waals surface area contributed by atoms with Gasteiger partial charge in [-0.2, -0.15) is 0 Å². The predicted octanol–water partition coefficient (Wildman–Crippen LogP) is 4.12. The summed E-state index contributed by atoms with van der Waals surface area (Å²) in [6.07, 6.45) is 0. The highest BCUT2D eigenvalue weighted by molar-refractivity contribution is 5.91. The van der Waals surface area contributed by atoms with E-state index in [1.807, 2.05) is 38.1 Å². The lowest BCUT2D eigenvalue weighted by Gasteiger charge is -2.16. The maximum absolute atomic E-state index is 13.3. The minimum atomic E-state index is -0.381. The van der Waals surface area contributed by atoms with Crippen molar-refractivity contribution >= 4 is 11.6 Å². The van der Waals surface area contributed by atoms with Gasteiger partial charge in [0.2, 0.25) is 5.91 Å². The molecule has 1 aromatic heterocycles. The van der Waals surface area contributed by atoms with Crippen LogP contribution in [0.15, 0.2) is 59.4 Å². The van der Waals surface area contributed by atoms with Gasteiger partial charge in [0.05, 0.1) is 0 Å². The molecule has 0 atom stereocenters. The fourth-order valence-corrected chi connectivity index (χ4v) is 3.04. The van der Waals surface area contributed by atoms with Crippen LogP contribution < -0.4 is 10.9 Å². The lowest BCUT2D eigenvalue weighted by atomic mass is 10.0. The number of aryl methyl sites for hydroxylation is 1. The number of rotatable bonds is 5. The van der Waals surface area contributed by atoms with Crippen molar-refractivity contribution in [2.24, 2.45) is 0 Å². The summed E-state index contributed by atoms with van der Waals surface area (Å²) in [7, 11) is 0. The van der Waals surface area contributed by atoms with Crippen molar-refractivity contribution in [2.75, 3.05) is 5.32 Å². The minimum absolute atomic E-state index is 0.189. The van der Waals surface area contributed by atoms with Crippen LogP contribution in [0.4, 0.5) is 10.1 Å². The first-order chi connectivity index (χ1) is 13.3. The normalized spacial score (nSPS) is 10.9. The quantitative estimate of drug-likeness (QED) is 0.725. The Morgan fingerprint density at radius 3 is 2.50 bits per heavy atom. The molecule has 3 rings (SSSR count). The molecule has 2 aromatic carbocycles. The Hall–Kier alpha value is -3.28. The van der Waals surface area contributed by atoms with Crippen molar-refractivity contribution in [3.8, 4) is 11.4 Å². The lowest BCUT2D eigenvalue weighted by molar-refractivity contribution is -0.116. The molecule has 28 heavy (non-hydrogen) atoms. The van der Waals surface area contributed by atoms with Gasteiger partial charge in [-0.1, -0.05) is 32.0 Å². The van der Waals surface area contributed by atoms with Gasteiger partial charge in [-0.25, -0.2) is 9.37 Å². The second-order valence-electron chi connectivity index (χ2n) is 6.94. The molecule has 0 spiro atoms. The van der Waals surface area contributed by atoms with E-state index >= 15 is 0 Å². The van der Waals surface area contributed by atoms with Gasteiger partial charge in [0.1, 0.15) is 18.2 Å². The number of para-hydroxylation sites is 1. The minimum Gasteiger partial charge on any atom is -0.324 e. The molecule has 0 saturated carbocycles. The molecule has 0 aliphatic heterocycles. The van der Waals surface area contributed by atoms with Gasteiger partial charge in [-0.05, 0) is 48.7 Å². The highest BCUT2D eigenvalue weighted by Crippen LogP contribution is 2.24. The van der Waals surface area contributed by atoms with Crippen LogP contribution in [0.1, 0.15) is 31.0 Å². The van der Waals surface area contributed by atoms with Crippen LogP contribution in [-0.4, -0.2) is 15.5 Å². The average molecular weight is 379 g/mol. The van der Waals surface area contributed by atoms with Crippen LogP contribution in [0.5, 0.6) is 0 Å². The standard InChI is InChI=1S/C22H22FN3O2/c1-14(2)18-6-4-5-7-19(18)25-20(27)13-26-21(28)12-15(3)24-22(26)16-8-10-17(23)11-9-16/h4-12,14H,13H2,1-3H3,(H,25,27). The number of hydrogen-bond acceptors (Lipinski definition) is 3. The SMILES string of the molecule is Cc1cc(=O)n(CC(=O)Nc2ccccc2C(C)C)c(-c2ccc(F)cc2)n1. The second-order valence-corrected chi connectivity index (χ2v) is 6.94. The summed E-state index contributed by atoms with van der Waals surface area (Å²) < 4.78 is 14.6. The summed E-state index contributed by atoms with van der Waals surface area (Å²) in [5.74, 6) is -0.134. The van der Waals surface area contributed by atoms with Crippen LogP contribution in [0.25, 0.3) is 11.4 Å². The highest BCUT2D eigenvalue weighted by Gasteiger charge is 2.15. The molecule has 6 heteroatoms. The van der Waals surface area contributed by atoms with E-state index in [1.165, 1.54) is 22.8 Å². The number of hydrogen-bond donors (Lipinski definition) is 1. The zero-order chi connectivity index (χ0) is 20.3. The molecule has 0 radical (unpaired) electrons. The Morgan fingerprint density at radius 1 is 1.14 bits per heavy atom. The van der Waals surface area contributed by atoms with Crippen molar-refractivity contribution in [3.63, 3.8) is 0 Å². The van der Waals surface area contributed by atoms with Crippen LogP contribution in [0.2, 0.25) is 0 Å². The zero-order valence-corrected chi connectivity index (χ0v) is 16.1. The highest BCUT2D eigenvalue weighted by atomic mass is 19.1. The topological polar surface area (TPSA) is 64.0 Å². The first-order valence-electron chi connectivity index (χ1n) is 9.08. The fraction of sp³-hybridized carbons (Fsp3) is 0.227. The molecule has 1 amide bonds. The third-order valence-corrected chi connectivity index (χ3v) is 4.40. The van der Waals surface area contributed by atoms with Gasteiger partial charge in [-0.15, -0.1) is 0 Å². The molecule has 0 fully saturated rings. The van der Waals surface area contributed by atoms with Crippen molar-refractivity contribution in [3.05, 3.63) is 82.0 Å².